The van der Waals surface area contributed by atoms with Crippen LogP contribution in [0.2, 0.25) is 0 Å². The number of carbonyl (C=O) groups is 1. The van der Waals surface area contributed by atoms with E-state index in [2.05, 4.69) is 15.2 Å². The van der Waals surface area contributed by atoms with Gasteiger partial charge in [0.1, 0.15) is 11.4 Å². The monoisotopic (exact) mass is 417 g/mol. The Kier molecular flexibility index (Phi) is 6.15. The van der Waals surface area contributed by atoms with Gasteiger partial charge < -0.3 is 19.5 Å². The van der Waals surface area contributed by atoms with Gasteiger partial charge in [0.15, 0.2) is 5.13 Å². The molecule has 1 aromatic heterocycles. The number of likely N-dealkylation sites (tertiary alicyclic amines) is 1. The molecule has 2 aromatic rings. The van der Waals surface area contributed by atoms with Crippen molar-refractivity contribution in [2.45, 2.75) is 31.0 Å². The number of nitrogens with zero attached hydrogens (tertiary/aromatic N) is 2. The van der Waals surface area contributed by atoms with Crippen LogP contribution >= 0.6 is 11.3 Å². The van der Waals surface area contributed by atoms with Gasteiger partial charge in [0.2, 0.25) is 5.91 Å². The highest BCUT2D eigenvalue weighted by atomic mass is 32.1. The van der Waals surface area contributed by atoms with E-state index in [0.717, 1.165) is 56.0 Å². The van der Waals surface area contributed by atoms with Crippen LogP contribution in [0.4, 0.5) is 5.13 Å². The normalized spacial score (nSPS) is 24.7. The number of hydrogen-bond donors (Lipinski definition) is 1. The summed E-state index contributed by atoms with van der Waals surface area (Å²) < 4.78 is 16.9. The predicted molar refractivity (Wildman–Crippen MR) is 113 cm³/mol. The molecule has 0 aliphatic carbocycles. The fourth-order valence-corrected chi connectivity index (χ4v) is 5.01. The zero-order valence-electron chi connectivity index (χ0n) is 16.8. The van der Waals surface area contributed by atoms with E-state index in [9.17, 15) is 4.79 Å². The van der Waals surface area contributed by atoms with E-state index in [-0.39, 0.29) is 17.6 Å². The molecule has 2 saturated heterocycles. The first-order valence-corrected chi connectivity index (χ1v) is 10.8. The van der Waals surface area contributed by atoms with Crippen molar-refractivity contribution in [2.24, 2.45) is 0 Å². The van der Waals surface area contributed by atoms with Crippen LogP contribution in [0.15, 0.2) is 29.6 Å². The molecular formula is C21H27N3O4S. The molecule has 0 bridgehead atoms. The summed E-state index contributed by atoms with van der Waals surface area (Å²) in [5.74, 6) is 0.753. The molecule has 1 spiro atoms. The van der Waals surface area contributed by atoms with E-state index in [0.29, 0.717) is 11.7 Å². The molecule has 156 valence electrons. The third kappa shape index (κ3) is 4.45. The number of hydrogen-bond acceptors (Lipinski definition) is 7. The first-order chi connectivity index (χ1) is 14.1. The maximum absolute atomic E-state index is 12.6. The molecule has 0 saturated carbocycles. The summed E-state index contributed by atoms with van der Waals surface area (Å²) in [7, 11) is 3.39. The van der Waals surface area contributed by atoms with E-state index in [4.69, 9.17) is 14.2 Å². The molecule has 0 unspecified atom stereocenters. The smallest absolute Gasteiger partial charge is 0.240 e. The Morgan fingerprint density at radius 3 is 2.90 bits per heavy atom. The van der Waals surface area contributed by atoms with E-state index in [1.807, 2.05) is 29.6 Å². The van der Waals surface area contributed by atoms with Crippen molar-refractivity contribution in [1.29, 1.82) is 0 Å². The van der Waals surface area contributed by atoms with Crippen LogP contribution in [-0.4, -0.2) is 68.0 Å². The molecule has 8 heteroatoms. The van der Waals surface area contributed by atoms with Crippen molar-refractivity contribution in [3.8, 4) is 17.0 Å². The van der Waals surface area contributed by atoms with Gasteiger partial charge in [-0.2, -0.15) is 0 Å². The van der Waals surface area contributed by atoms with Crippen LogP contribution in [0.1, 0.15) is 19.3 Å². The van der Waals surface area contributed by atoms with Gasteiger partial charge in [-0.05, 0) is 43.5 Å². The number of aromatic nitrogens is 1. The predicted octanol–water partition coefficient (Wildman–Crippen LogP) is 3.03. The lowest BCUT2D eigenvalue weighted by Gasteiger charge is -2.44. The van der Waals surface area contributed by atoms with Gasteiger partial charge in [0.25, 0.3) is 0 Å². The second-order valence-corrected chi connectivity index (χ2v) is 8.41. The number of rotatable bonds is 6. The molecule has 2 aliphatic rings. The minimum absolute atomic E-state index is 0.0513. The summed E-state index contributed by atoms with van der Waals surface area (Å²) in [5, 5.41) is 5.49. The van der Waals surface area contributed by atoms with Crippen LogP contribution in [0, 0.1) is 0 Å². The highest BCUT2D eigenvalue weighted by molar-refractivity contribution is 7.14. The fourth-order valence-electron chi connectivity index (χ4n) is 4.27. The third-order valence-electron chi connectivity index (χ3n) is 5.71. The van der Waals surface area contributed by atoms with Crippen molar-refractivity contribution >= 4 is 22.4 Å². The lowest BCUT2D eigenvalue weighted by molar-refractivity contribution is -0.146. The summed E-state index contributed by atoms with van der Waals surface area (Å²) in [6.07, 6.45) is 3.02. The van der Waals surface area contributed by atoms with E-state index < -0.39 is 0 Å². The van der Waals surface area contributed by atoms with Gasteiger partial charge >= 0.3 is 0 Å². The zero-order valence-corrected chi connectivity index (χ0v) is 17.7. The van der Waals surface area contributed by atoms with Gasteiger partial charge in [-0.25, -0.2) is 4.98 Å². The Labute approximate surface area is 175 Å². The second kappa shape index (κ2) is 8.79. The molecule has 1 aromatic carbocycles. The largest absolute Gasteiger partial charge is 0.497 e. The van der Waals surface area contributed by atoms with E-state index >= 15 is 0 Å². The SMILES string of the molecule is COc1ccc(-c2csc(NC(=O)CN3CC[C@H](OC)[C@]4(CCCO4)C3)n2)cc1. The first-order valence-electron chi connectivity index (χ1n) is 9.91. The minimum Gasteiger partial charge on any atom is -0.497 e. The number of amides is 1. The first kappa shape index (κ1) is 20.3. The second-order valence-electron chi connectivity index (χ2n) is 7.56. The minimum atomic E-state index is -0.268. The van der Waals surface area contributed by atoms with Crippen molar-refractivity contribution in [2.75, 3.05) is 45.8 Å². The Hall–Kier alpha value is -2.00. The molecule has 0 radical (unpaired) electrons. The molecule has 3 heterocycles. The fraction of sp³-hybridized carbons (Fsp3) is 0.524. The zero-order chi connectivity index (χ0) is 20.3. The average Bonchev–Trinajstić information content (AvgIpc) is 3.38. The number of anilines is 1. The average molecular weight is 418 g/mol. The lowest BCUT2D eigenvalue weighted by Crippen LogP contribution is -2.58. The quantitative estimate of drug-likeness (QED) is 0.779. The molecule has 29 heavy (non-hydrogen) atoms. The number of nitrogens with one attached hydrogen (secondary N) is 1. The maximum atomic E-state index is 12.6. The molecule has 2 aliphatic heterocycles. The van der Waals surface area contributed by atoms with Gasteiger partial charge in [-0.15, -0.1) is 11.3 Å². The summed E-state index contributed by atoms with van der Waals surface area (Å²) in [6.45, 7) is 2.66. The van der Waals surface area contributed by atoms with Gasteiger partial charge in [-0.1, -0.05) is 0 Å². The summed E-state index contributed by atoms with van der Waals surface area (Å²) in [6, 6.07) is 7.72. The molecule has 2 fully saturated rings. The highest BCUT2D eigenvalue weighted by Crippen LogP contribution is 2.36. The van der Waals surface area contributed by atoms with Crippen LogP contribution in [-0.2, 0) is 14.3 Å². The topological polar surface area (TPSA) is 72.9 Å². The van der Waals surface area contributed by atoms with Crippen LogP contribution < -0.4 is 10.1 Å². The van der Waals surface area contributed by atoms with Gasteiger partial charge in [-0.3, -0.25) is 9.69 Å². The van der Waals surface area contributed by atoms with Crippen molar-refractivity contribution in [3.63, 3.8) is 0 Å². The molecule has 7 nitrogen and oxygen atoms in total. The highest BCUT2D eigenvalue weighted by Gasteiger charge is 2.47. The number of carbonyl (C=O) groups excluding carboxylic acids is 1. The number of benzene rings is 1. The summed E-state index contributed by atoms with van der Waals surface area (Å²) in [5.41, 5.74) is 1.56. The van der Waals surface area contributed by atoms with E-state index in [1.165, 1.54) is 11.3 Å². The van der Waals surface area contributed by atoms with Crippen molar-refractivity contribution in [1.82, 2.24) is 9.88 Å². The number of ether oxygens (including phenoxy) is 3. The van der Waals surface area contributed by atoms with Crippen LogP contribution in [0.25, 0.3) is 11.3 Å². The van der Waals surface area contributed by atoms with E-state index in [1.54, 1.807) is 14.2 Å². The molecule has 1 amide bonds. The Bertz CT molecular complexity index is 833. The Morgan fingerprint density at radius 1 is 1.38 bits per heavy atom. The lowest BCUT2D eigenvalue weighted by atomic mass is 9.87. The Balaban J connectivity index is 1.34. The molecule has 4 rings (SSSR count). The van der Waals surface area contributed by atoms with Crippen molar-refractivity contribution < 1.29 is 19.0 Å². The number of thiazole rings is 1. The maximum Gasteiger partial charge on any atom is 0.240 e. The number of methoxy groups -OCH3 is 2. The van der Waals surface area contributed by atoms with Crippen LogP contribution in [0.5, 0.6) is 5.75 Å². The van der Waals surface area contributed by atoms with Gasteiger partial charge in [0.05, 0.1) is 25.5 Å². The van der Waals surface area contributed by atoms with Crippen LogP contribution in [0.3, 0.4) is 0 Å². The molecule has 1 N–H and O–H groups in total. The van der Waals surface area contributed by atoms with Crippen molar-refractivity contribution in [3.05, 3.63) is 29.6 Å². The molecule has 2 atom stereocenters. The number of piperidine rings is 1. The Morgan fingerprint density at radius 2 is 2.21 bits per heavy atom. The molecular weight excluding hydrogens is 390 g/mol. The third-order valence-corrected chi connectivity index (χ3v) is 6.47. The van der Waals surface area contributed by atoms with Gasteiger partial charge in [0, 0.05) is 37.7 Å². The standard InChI is InChI=1S/C21H27N3O4S/c1-26-16-6-4-15(5-7-16)17-13-29-20(22-17)23-19(25)12-24-10-8-18(27-2)21(14-24)9-3-11-28-21/h4-7,13,18H,3,8-12,14H2,1-2H3,(H,22,23,25)/t18-,21-/m0/s1. The summed E-state index contributed by atoms with van der Waals surface area (Å²) in [4.78, 5) is 19.3. The summed E-state index contributed by atoms with van der Waals surface area (Å²) >= 11 is 1.43.